The van der Waals surface area contributed by atoms with Crippen LogP contribution in [0.25, 0.3) is 10.2 Å². The van der Waals surface area contributed by atoms with Crippen molar-refractivity contribution in [2.24, 2.45) is 11.7 Å². The van der Waals surface area contributed by atoms with Crippen molar-refractivity contribution in [3.8, 4) is 0 Å². The lowest BCUT2D eigenvalue weighted by atomic mass is 9.89. The summed E-state index contributed by atoms with van der Waals surface area (Å²) in [5.41, 5.74) is 6.70. The van der Waals surface area contributed by atoms with Gasteiger partial charge < -0.3 is 21.1 Å². The molecule has 2 amide bonds. The van der Waals surface area contributed by atoms with Crippen molar-refractivity contribution >= 4 is 39.1 Å². The molecule has 3 heterocycles. The molecule has 1 aromatic carbocycles. The van der Waals surface area contributed by atoms with Crippen molar-refractivity contribution in [3.05, 3.63) is 52.8 Å². The van der Waals surface area contributed by atoms with E-state index in [4.69, 9.17) is 5.73 Å². The van der Waals surface area contributed by atoms with Crippen LogP contribution in [0.1, 0.15) is 48.2 Å². The normalized spacial score (nSPS) is 19.8. The zero-order chi connectivity index (χ0) is 24.6. The molecule has 1 saturated heterocycles. The molecule has 4 N–H and O–H groups in total. The van der Waals surface area contributed by atoms with Crippen molar-refractivity contribution in [2.75, 3.05) is 11.9 Å². The van der Waals surface area contributed by atoms with E-state index in [0.29, 0.717) is 34.6 Å². The van der Waals surface area contributed by atoms with Crippen molar-refractivity contribution < 1.29 is 27.9 Å². The van der Waals surface area contributed by atoms with Gasteiger partial charge in [0.1, 0.15) is 6.23 Å². The molecule has 4 rings (SSSR count). The van der Waals surface area contributed by atoms with E-state index in [-0.39, 0.29) is 22.7 Å². The van der Waals surface area contributed by atoms with Gasteiger partial charge in [-0.15, -0.1) is 11.3 Å². The second-order valence-corrected chi connectivity index (χ2v) is 9.34. The van der Waals surface area contributed by atoms with Gasteiger partial charge in [0.15, 0.2) is 5.01 Å². The number of aromatic nitrogens is 2. The highest BCUT2D eigenvalue weighted by molar-refractivity contribution is 7.18. The third-order valence-electron chi connectivity index (χ3n) is 5.67. The van der Waals surface area contributed by atoms with Crippen molar-refractivity contribution in [1.82, 2.24) is 14.9 Å². The maximum Gasteiger partial charge on any atom is 0.443 e. The summed E-state index contributed by atoms with van der Waals surface area (Å²) in [4.78, 5) is 34.9. The summed E-state index contributed by atoms with van der Waals surface area (Å²) >= 11 is 0.563. The number of nitrogens with zero attached hydrogens (tertiary/aromatic N) is 3. The highest BCUT2D eigenvalue weighted by Crippen LogP contribution is 2.38. The molecule has 180 valence electrons. The molecule has 12 heteroatoms. The summed E-state index contributed by atoms with van der Waals surface area (Å²) in [6.07, 6.45) is -1.81. The number of fused-ring (bicyclic) bond motifs is 1. The molecule has 1 aliphatic heterocycles. The van der Waals surface area contributed by atoms with E-state index in [0.717, 1.165) is 6.42 Å². The Kier molecular flexibility index (Phi) is 6.56. The maximum atomic E-state index is 13.1. The standard InChI is InChI=1S/C22H22F3N5O3S/c1-11-2-4-16(12-3-5-17-15(7-12)29-21(34-17)22(23,24)25)30(10-11)20(33)19(32)28-14-6-13(18(26)31)8-27-9-14/h3,5-9,11,16,18,31H,2,4,10,26H2,1H3,(H,28,32)/t11-,16+,18?/m0/s1. The molecule has 34 heavy (non-hydrogen) atoms. The van der Waals surface area contributed by atoms with E-state index in [9.17, 15) is 27.9 Å². The third-order valence-corrected chi connectivity index (χ3v) is 6.75. The summed E-state index contributed by atoms with van der Waals surface area (Å²) in [7, 11) is 0. The van der Waals surface area contributed by atoms with Crippen LogP contribution >= 0.6 is 11.3 Å². The molecule has 2 aromatic heterocycles. The number of aliphatic hydroxyl groups is 1. The minimum Gasteiger partial charge on any atom is -0.374 e. The van der Waals surface area contributed by atoms with Gasteiger partial charge in [-0.1, -0.05) is 13.0 Å². The molecule has 0 spiro atoms. The van der Waals surface area contributed by atoms with Gasteiger partial charge in [0.2, 0.25) is 0 Å². The average molecular weight is 494 g/mol. The number of amides is 2. The van der Waals surface area contributed by atoms with Crippen molar-refractivity contribution in [3.63, 3.8) is 0 Å². The molecule has 1 unspecified atom stereocenters. The molecule has 1 fully saturated rings. The lowest BCUT2D eigenvalue weighted by molar-refractivity contribution is -0.146. The number of carbonyl (C=O) groups is 2. The Morgan fingerprint density at radius 1 is 1.26 bits per heavy atom. The Hall–Kier alpha value is -3.09. The average Bonchev–Trinajstić information content (AvgIpc) is 3.23. The van der Waals surface area contributed by atoms with Crippen molar-refractivity contribution in [1.29, 1.82) is 0 Å². The first-order valence-electron chi connectivity index (χ1n) is 10.5. The first kappa shape index (κ1) is 24.0. The first-order valence-corrected chi connectivity index (χ1v) is 11.3. The quantitative estimate of drug-likeness (QED) is 0.379. The van der Waals surface area contributed by atoms with Gasteiger partial charge in [0.05, 0.1) is 28.1 Å². The van der Waals surface area contributed by atoms with Gasteiger partial charge in [-0.05, 0) is 42.5 Å². The lowest BCUT2D eigenvalue weighted by Crippen LogP contribution is -2.46. The van der Waals surface area contributed by atoms with E-state index < -0.39 is 35.3 Å². The summed E-state index contributed by atoms with van der Waals surface area (Å²) in [5.74, 6) is -1.52. The van der Waals surface area contributed by atoms with E-state index in [2.05, 4.69) is 15.3 Å². The van der Waals surface area contributed by atoms with Gasteiger partial charge in [-0.3, -0.25) is 14.6 Å². The van der Waals surface area contributed by atoms with Gasteiger partial charge >= 0.3 is 18.0 Å². The van der Waals surface area contributed by atoms with Crippen LogP contribution in [0.2, 0.25) is 0 Å². The largest absolute Gasteiger partial charge is 0.443 e. The number of likely N-dealkylation sites (tertiary alicyclic amines) is 1. The molecule has 3 aromatic rings. The Bertz CT molecular complexity index is 1230. The van der Waals surface area contributed by atoms with E-state index in [1.165, 1.54) is 23.4 Å². The number of alkyl halides is 3. The van der Waals surface area contributed by atoms with Crippen LogP contribution in [0, 0.1) is 5.92 Å². The number of piperidine rings is 1. The number of hydrogen-bond donors (Lipinski definition) is 3. The number of pyridine rings is 1. The highest BCUT2D eigenvalue weighted by atomic mass is 32.1. The predicted molar refractivity (Wildman–Crippen MR) is 119 cm³/mol. The summed E-state index contributed by atoms with van der Waals surface area (Å²) in [6, 6.07) is 5.72. The third kappa shape index (κ3) is 5.03. The maximum absolute atomic E-state index is 13.1. The monoisotopic (exact) mass is 493 g/mol. The smallest absolute Gasteiger partial charge is 0.374 e. The predicted octanol–water partition coefficient (Wildman–Crippen LogP) is 3.60. The first-order chi connectivity index (χ1) is 16.0. The van der Waals surface area contributed by atoms with Gasteiger partial charge in [0.25, 0.3) is 0 Å². The number of anilines is 1. The second kappa shape index (κ2) is 9.28. The molecule has 0 radical (unpaired) electrons. The molecular formula is C22H22F3N5O3S. The minimum atomic E-state index is -4.53. The van der Waals surface area contributed by atoms with Crippen LogP contribution < -0.4 is 11.1 Å². The number of aliphatic hydroxyl groups excluding tert-OH is 1. The van der Waals surface area contributed by atoms with Crippen LogP contribution in [0.15, 0.2) is 36.7 Å². The molecule has 3 atom stereocenters. The topological polar surface area (TPSA) is 121 Å². The molecule has 0 aliphatic carbocycles. The summed E-state index contributed by atoms with van der Waals surface area (Å²) in [5, 5.41) is 11.0. The van der Waals surface area contributed by atoms with Gasteiger partial charge in [-0.2, -0.15) is 13.2 Å². The molecular weight excluding hydrogens is 471 g/mol. The van der Waals surface area contributed by atoms with E-state index in [1.807, 2.05) is 6.92 Å². The number of halogens is 3. The number of hydrogen-bond acceptors (Lipinski definition) is 7. The van der Waals surface area contributed by atoms with E-state index in [1.54, 1.807) is 18.2 Å². The number of rotatable bonds is 3. The Labute approximate surface area is 196 Å². The zero-order valence-corrected chi connectivity index (χ0v) is 18.9. The fourth-order valence-electron chi connectivity index (χ4n) is 4.00. The van der Waals surface area contributed by atoms with Crippen LogP contribution in [0.4, 0.5) is 18.9 Å². The Morgan fingerprint density at radius 2 is 2.03 bits per heavy atom. The SMILES string of the molecule is C[C@H]1CC[C@H](c2ccc3sc(C(F)(F)F)nc3c2)N(C(=O)C(=O)Nc2cncc(C(N)O)c2)C1. The Morgan fingerprint density at radius 3 is 2.74 bits per heavy atom. The van der Waals surface area contributed by atoms with Gasteiger partial charge in [-0.25, -0.2) is 4.98 Å². The summed E-state index contributed by atoms with van der Waals surface area (Å²) in [6.45, 7) is 2.28. The number of thiazole rings is 1. The van der Waals surface area contributed by atoms with Crippen molar-refractivity contribution in [2.45, 2.75) is 38.2 Å². The molecule has 1 aliphatic rings. The van der Waals surface area contributed by atoms with Crippen LogP contribution in [0.3, 0.4) is 0 Å². The number of benzene rings is 1. The number of nitrogens with two attached hydrogens (primary N) is 1. The number of nitrogens with one attached hydrogen (secondary N) is 1. The summed E-state index contributed by atoms with van der Waals surface area (Å²) < 4.78 is 39.6. The van der Waals surface area contributed by atoms with E-state index >= 15 is 0 Å². The fourth-order valence-corrected chi connectivity index (χ4v) is 4.81. The van der Waals surface area contributed by atoms with Crippen LogP contribution in [0.5, 0.6) is 0 Å². The number of carbonyl (C=O) groups excluding carboxylic acids is 2. The molecule has 8 nitrogen and oxygen atoms in total. The fraction of sp³-hybridized carbons (Fsp3) is 0.364. The molecule has 0 bridgehead atoms. The minimum absolute atomic E-state index is 0.144. The van der Waals surface area contributed by atoms with Crippen LogP contribution in [-0.2, 0) is 15.8 Å². The zero-order valence-electron chi connectivity index (χ0n) is 18.0. The van der Waals surface area contributed by atoms with Gasteiger partial charge in [0, 0.05) is 18.3 Å². The van der Waals surface area contributed by atoms with Crippen LogP contribution in [-0.4, -0.2) is 38.3 Å². The molecule has 0 saturated carbocycles. The second-order valence-electron chi connectivity index (χ2n) is 8.31. The Balaban J connectivity index is 1.58. The highest BCUT2D eigenvalue weighted by Gasteiger charge is 2.36. The lowest BCUT2D eigenvalue weighted by Gasteiger charge is -2.38.